The lowest BCUT2D eigenvalue weighted by Gasteiger charge is -2.50. The number of hydrogen-bond acceptors (Lipinski definition) is 6. The van der Waals surface area contributed by atoms with Crippen LogP contribution in [0, 0.1) is 19.8 Å². The van der Waals surface area contributed by atoms with Crippen LogP contribution in [0.3, 0.4) is 0 Å². The molecule has 3 amide bonds. The highest BCUT2D eigenvalue weighted by Crippen LogP contribution is 2.35. The summed E-state index contributed by atoms with van der Waals surface area (Å²) in [6, 6.07) is 12.0. The minimum Gasteiger partial charge on any atom is -0.311 e. The molecule has 0 bridgehead atoms. The number of fused-ring (bicyclic) bond motifs is 1. The van der Waals surface area contributed by atoms with E-state index in [9.17, 15) is 9.59 Å². The van der Waals surface area contributed by atoms with Gasteiger partial charge in [-0.3, -0.25) is 25.3 Å². The van der Waals surface area contributed by atoms with Crippen molar-refractivity contribution < 1.29 is 9.59 Å². The van der Waals surface area contributed by atoms with E-state index in [-0.39, 0.29) is 29.6 Å². The Morgan fingerprint density at radius 3 is 2.47 bits per heavy atom. The molecule has 4 atom stereocenters. The van der Waals surface area contributed by atoms with Gasteiger partial charge in [0, 0.05) is 26.0 Å². The number of amides is 3. The van der Waals surface area contributed by atoms with Crippen molar-refractivity contribution in [3.8, 4) is 0 Å². The maximum atomic E-state index is 13.1. The van der Waals surface area contributed by atoms with Crippen LogP contribution in [0.15, 0.2) is 42.6 Å². The molecule has 0 radical (unpaired) electrons. The summed E-state index contributed by atoms with van der Waals surface area (Å²) in [4.78, 5) is 32.9. The Bertz CT molecular complexity index is 934. The van der Waals surface area contributed by atoms with Gasteiger partial charge < -0.3 is 4.90 Å². The average Bonchev–Trinajstić information content (AvgIpc) is 2.74. The van der Waals surface area contributed by atoms with Crippen molar-refractivity contribution in [2.45, 2.75) is 37.3 Å². The molecule has 2 aromatic rings. The highest BCUT2D eigenvalue weighted by molar-refractivity contribution is 7.99. The van der Waals surface area contributed by atoms with Gasteiger partial charge in [-0.2, -0.15) is 0 Å². The zero-order valence-corrected chi connectivity index (χ0v) is 18.4. The van der Waals surface area contributed by atoms with Crippen molar-refractivity contribution in [1.29, 1.82) is 0 Å². The first-order valence-electron chi connectivity index (χ1n) is 10.0. The van der Waals surface area contributed by atoms with Crippen molar-refractivity contribution >= 4 is 23.7 Å². The number of nitrogens with one attached hydrogen (secondary N) is 2. The average molecular weight is 426 g/mol. The molecule has 2 fully saturated rings. The molecule has 1 aromatic carbocycles. The number of benzene rings is 1. The minimum atomic E-state index is -0.395. The van der Waals surface area contributed by atoms with Gasteiger partial charge in [-0.05, 0) is 31.5 Å². The van der Waals surface area contributed by atoms with Gasteiger partial charge in [0.25, 0.3) is 0 Å². The maximum absolute atomic E-state index is 13.1. The summed E-state index contributed by atoms with van der Waals surface area (Å²) in [6.07, 6.45) is 1.23. The molecule has 30 heavy (non-hydrogen) atoms. The molecular formula is C22H27N5O2S. The Morgan fingerprint density at radius 1 is 1.07 bits per heavy atom. The molecule has 1 aromatic heterocycles. The SMILES string of the molecule is Cc1cc(C)cc(C2NC(SCc3ccccn3)C3C(=O)N(C)C(=O)N(C)C3N2)c1. The van der Waals surface area contributed by atoms with Crippen LogP contribution >= 0.6 is 11.8 Å². The lowest BCUT2D eigenvalue weighted by Crippen LogP contribution is -2.72. The van der Waals surface area contributed by atoms with E-state index in [0.29, 0.717) is 5.75 Å². The lowest BCUT2D eigenvalue weighted by molar-refractivity contribution is -0.140. The summed E-state index contributed by atoms with van der Waals surface area (Å²) in [5.41, 5.74) is 4.42. The third-order valence-electron chi connectivity index (χ3n) is 5.67. The molecule has 2 saturated heterocycles. The molecule has 4 rings (SSSR count). The number of rotatable bonds is 4. The molecular weight excluding hydrogens is 398 g/mol. The van der Waals surface area contributed by atoms with Gasteiger partial charge in [-0.25, -0.2) is 4.79 Å². The standard InChI is InChI=1S/C22H27N5O2S/c1-13-9-14(2)11-15(10-13)18-24-19-17(21(28)27(4)22(29)26(19)3)20(25-18)30-12-16-7-5-6-8-23-16/h5-11,17-20,24-25H,12H2,1-4H3. The van der Waals surface area contributed by atoms with Crippen molar-refractivity contribution in [2.24, 2.45) is 5.92 Å². The van der Waals surface area contributed by atoms with Gasteiger partial charge in [0.15, 0.2) is 0 Å². The monoisotopic (exact) mass is 425 g/mol. The van der Waals surface area contributed by atoms with Crippen LogP contribution in [0.4, 0.5) is 4.79 Å². The van der Waals surface area contributed by atoms with E-state index >= 15 is 0 Å². The number of urea groups is 1. The van der Waals surface area contributed by atoms with Gasteiger partial charge in [0.1, 0.15) is 0 Å². The van der Waals surface area contributed by atoms with Crippen LogP contribution < -0.4 is 10.6 Å². The van der Waals surface area contributed by atoms with Crippen LogP contribution in [0.25, 0.3) is 0 Å². The summed E-state index contributed by atoms with van der Waals surface area (Å²) < 4.78 is 0. The molecule has 0 saturated carbocycles. The number of carbonyl (C=O) groups is 2. The molecule has 8 heteroatoms. The molecule has 0 aliphatic carbocycles. The summed E-state index contributed by atoms with van der Waals surface area (Å²) in [6.45, 7) is 4.15. The zero-order valence-electron chi connectivity index (χ0n) is 17.6. The quantitative estimate of drug-likeness (QED) is 0.784. The summed E-state index contributed by atoms with van der Waals surface area (Å²) in [7, 11) is 3.30. The van der Waals surface area contributed by atoms with E-state index in [1.165, 1.54) is 16.0 Å². The van der Waals surface area contributed by atoms with E-state index in [1.807, 2.05) is 18.2 Å². The fraction of sp³-hybridized carbons (Fsp3) is 0.409. The van der Waals surface area contributed by atoms with E-state index < -0.39 is 5.92 Å². The fourth-order valence-electron chi connectivity index (χ4n) is 4.23. The maximum Gasteiger partial charge on any atom is 0.327 e. The molecule has 158 valence electrons. The largest absolute Gasteiger partial charge is 0.327 e. The van der Waals surface area contributed by atoms with Crippen LogP contribution in [-0.4, -0.2) is 52.4 Å². The number of pyridine rings is 1. The number of imide groups is 1. The number of aryl methyl sites for hydroxylation is 2. The van der Waals surface area contributed by atoms with Crippen molar-refractivity contribution in [2.75, 3.05) is 14.1 Å². The lowest BCUT2D eigenvalue weighted by atomic mass is 9.95. The second kappa shape index (κ2) is 8.37. The predicted molar refractivity (Wildman–Crippen MR) is 117 cm³/mol. The normalized spacial score (nSPS) is 26.7. The van der Waals surface area contributed by atoms with E-state index in [1.54, 1.807) is 37.0 Å². The Morgan fingerprint density at radius 2 is 1.80 bits per heavy atom. The zero-order chi connectivity index (χ0) is 21.4. The fourth-order valence-corrected chi connectivity index (χ4v) is 5.45. The topological polar surface area (TPSA) is 77.6 Å². The van der Waals surface area contributed by atoms with E-state index in [0.717, 1.165) is 11.3 Å². The van der Waals surface area contributed by atoms with Gasteiger partial charge in [-0.1, -0.05) is 35.4 Å². The Balaban J connectivity index is 1.65. The first-order valence-corrected chi connectivity index (χ1v) is 11.1. The first-order chi connectivity index (χ1) is 14.3. The third kappa shape index (κ3) is 3.95. The first kappa shape index (κ1) is 20.8. The van der Waals surface area contributed by atoms with Crippen LogP contribution in [0.1, 0.15) is 28.6 Å². The Hall–Kier alpha value is -2.42. The Kier molecular flexibility index (Phi) is 5.81. The summed E-state index contributed by atoms with van der Waals surface area (Å²) >= 11 is 1.65. The number of hydrogen-bond donors (Lipinski definition) is 2. The highest BCUT2D eigenvalue weighted by atomic mass is 32.2. The number of thioether (sulfide) groups is 1. The van der Waals surface area contributed by atoms with Crippen LogP contribution in [0.5, 0.6) is 0 Å². The van der Waals surface area contributed by atoms with Gasteiger partial charge in [0.2, 0.25) is 5.91 Å². The van der Waals surface area contributed by atoms with E-state index in [2.05, 4.69) is 47.7 Å². The van der Waals surface area contributed by atoms with Gasteiger partial charge in [0.05, 0.1) is 29.3 Å². The van der Waals surface area contributed by atoms with Gasteiger partial charge in [-0.15, -0.1) is 11.8 Å². The third-order valence-corrected chi connectivity index (χ3v) is 6.92. The summed E-state index contributed by atoms with van der Waals surface area (Å²) in [5.74, 6) is 0.115. The van der Waals surface area contributed by atoms with Gasteiger partial charge >= 0.3 is 6.03 Å². The molecule has 2 aliphatic rings. The van der Waals surface area contributed by atoms with Crippen LogP contribution in [-0.2, 0) is 10.5 Å². The van der Waals surface area contributed by atoms with Crippen LogP contribution in [0.2, 0.25) is 0 Å². The molecule has 2 aliphatic heterocycles. The summed E-state index contributed by atoms with van der Waals surface area (Å²) in [5, 5.41) is 6.95. The number of aromatic nitrogens is 1. The molecule has 0 spiro atoms. The van der Waals surface area contributed by atoms with Crippen molar-refractivity contribution in [1.82, 2.24) is 25.4 Å². The second-order valence-corrected chi connectivity index (χ2v) is 9.13. The number of nitrogens with zero attached hydrogens (tertiary/aromatic N) is 3. The molecule has 4 unspecified atom stereocenters. The van der Waals surface area contributed by atoms with Crippen molar-refractivity contribution in [3.05, 3.63) is 65.0 Å². The molecule has 2 N–H and O–H groups in total. The molecule has 7 nitrogen and oxygen atoms in total. The smallest absolute Gasteiger partial charge is 0.311 e. The highest BCUT2D eigenvalue weighted by Gasteiger charge is 2.51. The van der Waals surface area contributed by atoms with E-state index in [4.69, 9.17) is 0 Å². The van der Waals surface area contributed by atoms with Crippen molar-refractivity contribution in [3.63, 3.8) is 0 Å². The minimum absolute atomic E-state index is 0.166. The Labute approximate surface area is 181 Å². The number of carbonyl (C=O) groups excluding carboxylic acids is 2. The predicted octanol–water partition coefficient (Wildman–Crippen LogP) is 2.62. The second-order valence-electron chi connectivity index (χ2n) is 8.00. The molecule has 3 heterocycles.